The number of phenols is 1. The molecule has 41 heavy (non-hydrogen) atoms. The Balaban J connectivity index is 0.000000158. The van der Waals surface area contributed by atoms with Crippen LogP contribution in [0.15, 0.2) is 133 Å². The summed E-state index contributed by atoms with van der Waals surface area (Å²) in [6, 6.07) is 42.6. The third kappa shape index (κ3) is 7.90. The number of alkyl halides is 1. The Labute approximate surface area is 248 Å². The predicted octanol–water partition coefficient (Wildman–Crippen LogP) is 9.17. The van der Waals surface area contributed by atoms with Gasteiger partial charge in [0, 0.05) is 5.33 Å². The van der Waals surface area contributed by atoms with Gasteiger partial charge in [-0.15, -0.1) is 0 Å². The van der Waals surface area contributed by atoms with E-state index in [4.69, 9.17) is 4.74 Å². The maximum atomic E-state index is 11.4. The topological polar surface area (TPSA) is 63.6 Å². The molecular formula is C36H29BrO4. The van der Waals surface area contributed by atoms with Crippen molar-refractivity contribution in [3.8, 4) is 11.5 Å². The van der Waals surface area contributed by atoms with Crippen LogP contribution in [0.25, 0.3) is 21.5 Å². The molecule has 0 bridgehead atoms. The highest BCUT2D eigenvalue weighted by Gasteiger charge is 2.08. The Morgan fingerprint density at radius 1 is 0.561 bits per heavy atom. The molecule has 1 N–H and O–H groups in total. The van der Waals surface area contributed by atoms with Gasteiger partial charge in [-0.2, -0.15) is 0 Å². The van der Waals surface area contributed by atoms with E-state index >= 15 is 0 Å². The van der Waals surface area contributed by atoms with Gasteiger partial charge >= 0.3 is 0 Å². The zero-order valence-corrected chi connectivity index (χ0v) is 23.9. The molecule has 0 atom stereocenters. The second-order valence-electron chi connectivity index (χ2n) is 9.05. The van der Waals surface area contributed by atoms with Gasteiger partial charge in [0.05, 0.1) is 11.1 Å². The third-order valence-electron chi connectivity index (χ3n) is 6.35. The first-order valence-corrected chi connectivity index (χ1v) is 14.2. The van der Waals surface area contributed by atoms with Gasteiger partial charge in [-0.25, -0.2) is 0 Å². The van der Waals surface area contributed by atoms with Crippen molar-refractivity contribution in [1.82, 2.24) is 0 Å². The summed E-state index contributed by atoms with van der Waals surface area (Å²) in [6.07, 6.45) is 1.54. The van der Waals surface area contributed by atoms with Crippen LogP contribution in [-0.2, 0) is 11.9 Å². The minimum Gasteiger partial charge on any atom is -0.507 e. The first-order valence-electron chi connectivity index (χ1n) is 13.0. The van der Waals surface area contributed by atoms with Crippen molar-refractivity contribution < 1.29 is 19.4 Å². The highest BCUT2D eigenvalue weighted by molar-refractivity contribution is 9.08. The first kappa shape index (κ1) is 29.2. The van der Waals surface area contributed by atoms with Gasteiger partial charge in [-0.1, -0.05) is 137 Å². The molecule has 0 unspecified atom stereocenters. The fourth-order valence-corrected chi connectivity index (χ4v) is 4.61. The zero-order valence-electron chi connectivity index (χ0n) is 22.3. The number of aldehydes is 2. The molecule has 4 nitrogen and oxygen atoms in total. The molecule has 0 spiro atoms. The summed E-state index contributed by atoms with van der Waals surface area (Å²) in [5.41, 5.74) is 3.38. The molecule has 0 aromatic heterocycles. The van der Waals surface area contributed by atoms with Crippen molar-refractivity contribution in [2.45, 2.75) is 11.9 Å². The van der Waals surface area contributed by atoms with Crippen LogP contribution in [0.3, 0.4) is 0 Å². The second kappa shape index (κ2) is 15.2. The highest BCUT2D eigenvalue weighted by Crippen LogP contribution is 2.27. The number of hydrogen-bond acceptors (Lipinski definition) is 4. The van der Waals surface area contributed by atoms with Crippen molar-refractivity contribution in [3.63, 3.8) is 0 Å². The molecule has 0 fully saturated rings. The van der Waals surface area contributed by atoms with E-state index in [1.165, 1.54) is 11.6 Å². The molecule has 0 aliphatic heterocycles. The molecule has 0 amide bonds. The van der Waals surface area contributed by atoms with Crippen LogP contribution in [0.5, 0.6) is 11.5 Å². The van der Waals surface area contributed by atoms with Gasteiger partial charge in [-0.3, -0.25) is 9.59 Å². The molecule has 5 heteroatoms. The van der Waals surface area contributed by atoms with Crippen LogP contribution in [-0.4, -0.2) is 17.7 Å². The SMILES string of the molecule is BrCc1ccccc1.O=Cc1c(O)ccc2ccccc12.O=Cc1c(OCc2ccccc2)ccc2ccccc12. The van der Waals surface area contributed by atoms with Gasteiger partial charge in [-0.05, 0) is 44.8 Å². The molecule has 6 aromatic rings. The molecule has 0 aliphatic carbocycles. The van der Waals surface area contributed by atoms with Crippen molar-refractivity contribution in [2.75, 3.05) is 0 Å². The standard InChI is InChI=1S/C18H14O2.C11H8O2.C7H7Br/c19-12-17-16-9-5-4-8-15(16)10-11-18(17)20-13-14-6-2-1-3-7-14;12-7-10-9-4-2-1-3-8(9)5-6-11(10)13;8-6-7-4-2-1-3-5-7/h1-12H,13H2;1-7,13H;1-5H,6H2. The Kier molecular flexibility index (Phi) is 10.8. The number of hydrogen-bond donors (Lipinski definition) is 1. The first-order chi connectivity index (χ1) is 20.1. The fourth-order valence-electron chi connectivity index (χ4n) is 4.23. The van der Waals surface area contributed by atoms with Crippen LogP contribution in [0, 0.1) is 0 Å². The van der Waals surface area contributed by atoms with Crippen molar-refractivity contribution in [1.29, 1.82) is 0 Å². The maximum absolute atomic E-state index is 11.4. The smallest absolute Gasteiger partial charge is 0.154 e. The van der Waals surface area contributed by atoms with Crippen molar-refractivity contribution >= 4 is 50.0 Å². The highest BCUT2D eigenvalue weighted by atomic mass is 79.9. The lowest BCUT2D eigenvalue weighted by atomic mass is 10.0. The van der Waals surface area contributed by atoms with E-state index in [-0.39, 0.29) is 5.75 Å². The average molecular weight is 606 g/mol. The van der Waals surface area contributed by atoms with E-state index in [1.807, 2.05) is 109 Å². The number of phenolic OH excluding ortho intramolecular Hbond substituents is 1. The summed E-state index contributed by atoms with van der Waals surface area (Å²) >= 11 is 3.36. The van der Waals surface area contributed by atoms with E-state index in [9.17, 15) is 14.7 Å². The molecule has 6 rings (SSSR count). The number of halogens is 1. The average Bonchev–Trinajstić information content (AvgIpc) is 3.05. The second-order valence-corrected chi connectivity index (χ2v) is 9.61. The lowest BCUT2D eigenvalue weighted by molar-refractivity contribution is 0.111. The van der Waals surface area contributed by atoms with Crippen LogP contribution >= 0.6 is 15.9 Å². The number of carbonyl (C=O) groups excluding carboxylic acids is 2. The molecule has 0 heterocycles. The van der Waals surface area contributed by atoms with Crippen LogP contribution < -0.4 is 4.74 Å². The summed E-state index contributed by atoms with van der Waals surface area (Å²) in [5, 5.41) is 14.0. The van der Waals surface area contributed by atoms with Crippen molar-refractivity contribution in [2.24, 2.45) is 0 Å². The summed E-state index contributed by atoms with van der Waals surface area (Å²) in [4.78, 5) is 22.1. The Morgan fingerprint density at radius 3 is 1.59 bits per heavy atom. The molecule has 0 saturated heterocycles. The minimum absolute atomic E-state index is 0.0358. The summed E-state index contributed by atoms with van der Waals surface area (Å²) in [5.74, 6) is 0.663. The largest absolute Gasteiger partial charge is 0.507 e. The number of aromatic hydroxyl groups is 1. The Hall–Kier alpha value is -4.74. The number of benzene rings is 6. The van der Waals surface area contributed by atoms with E-state index in [0.29, 0.717) is 29.8 Å². The van der Waals surface area contributed by atoms with Gasteiger partial charge in [0.1, 0.15) is 18.1 Å². The summed E-state index contributed by atoms with van der Waals surface area (Å²) < 4.78 is 5.79. The van der Waals surface area contributed by atoms with Crippen LogP contribution in [0.4, 0.5) is 0 Å². The lowest BCUT2D eigenvalue weighted by Gasteiger charge is -2.10. The monoisotopic (exact) mass is 604 g/mol. The van der Waals surface area contributed by atoms with Crippen LogP contribution in [0.2, 0.25) is 0 Å². The van der Waals surface area contributed by atoms with E-state index < -0.39 is 0 Å². The lowest BCUT2D eigenvalue weighted by Crippen LogP contribution is -1.98. The van der Waals surface area contributed by atoms with E-state index in [2.05, 4.69) is 28.1 Å². The maximum Gasteiger partial charge on any atom is 0.154 e. The van der Waals surface area contributed by atoms with Gasteiger partial charge < -0.3 is 9.84 Å². The molecule has 0 aliphatic rings. The quantitative estimate of drug-likeness (QED) is 0.152. The third-order valence-corrected chi connectivity index (χ3v) is 7.00. The molecule has 6 aromatic carbocycles. The summed E-state index contributed by atoms with van der Waals surface area (Å²) in [6.45, 7) is 0.458. The van der Waals surface area contributed by atoms with Crippen molar-refractivity contribution in [3.05, 3.63) is 156 Å². The minimum atomic E-state index is 0.0358. The van der Waals surface area contributed by atoms with Crippen LogP contribution in [0.1, 0.15) is 31.8 Å². The molecular weight excluding hydrogens is 576 g/mol. The Bertz CT molecular complexity index is 1720. The van der Waals surface area contributed by atoms with Gasteiger partial charge in [0.2, 0.25) is 0 Å². The van der Waals surface area contributed by atoms with E-state index in [0.717, 1.165) is 38.7 Å². The summed E-state index contributed by atoms with van der Waals surface area (Å²) in [7, 11) is 0. The number of carbonyl (C=O) groups is 2. The predicted molar refractivity (Wildman–Crippen MR) is 170 cm³/mol. The number of ether oxygens (including phenoxy) is 1. The number of fused-ring (bicyclic) bond motifs is 2. The normalized spacial score (nSPS) is 10.1. The zero-order chi connectivity index (χ0) is 28.9. The number of rotatable bonds is 6. The molecule has 0 radical (unpaired) electrons. The van der Waals surface area contributed by atoms with E-state index in [1.54, 1.807) is 6.07 Å². The molecule has 0 saturated carbocycles. The fraction of sp³-hybridized carbons (Fsp3) is 0.0556. The Morgan fingerprint density at radius 2 is 1.05 bits per heavy atom. The molecule has 204 valence electrons. The van der Waals surface area contributed by atoms with Gasteiger partial charge in [0.25, 0.3) is 0 Å². The van der Waals surface area contributed by atoms with Gasteiger partial charge in [0.15, 0.2) is 12.6 Å².